The van der Waals surface area contributed by atoms with Gasteiger partial charge in [0.25, 0.3) is 5.97 Å². The third-order valence-electron chi connectivity index (χ3n) is 1.70. The highest BCUT2D eigenvalue weighted by molar-refractivity contribution is 5.92. The van der Waals surface area contributed by atoms with Crippen molar-refractivity contribution in [3.63, 3.8) is 0 Å². The molecule has 0 spiro atoms. The average molecular weight is 230 g/mol. The van der Waals surface area contributed by atoms with E-state index in [2.05, 4.69) is 11.9 Å². The maximum atomic E-state index is 11.2. The first-order chi connectivity index (χ1) is 7.22. The maximum absolute atomic E-state index is 11.2. The van der Waals surface area contributed by atoms with E-state index in [4.69, 9.17) is 9.90 Å². The predicted molar refractivity (Wildman–Crippen MR) is 64.0 cm³/mol. The first-order valence-corrected chi connectivity index (χ1v) is 5.04. The Kier molecular flexibility index (Phi) is 9.49. The highest BCUT2D eigenvalue weighted by Gasteiger charge is 2.11. The molecule has 5 nitrogen and oxygen atoms in total. The Morgan fingerprint density at radius 3 is 1.94 bits per heavy atom. The van der Waals surface area contributed by atoms with Gasteiger partial charge in [0.1, 0.15) is 0 Å². The van der Waals surface area contributed by atoms with Crippen molar-refractivity contribution in [2.45, 2.75) is 33.4 Å². The van der Waals surface area contributed by atoms with Crippen LogP contribution < -0.4 is 5.32 Å². The first kappa shape index (κ1) is 17.0. The molecule has 2 N–H and O–H groups in total. The van der Waals surface area contributed by atoms with Gasteiger partial charge in [-0.1, -0.05) is 13.5 Å². The molecule has 0 radical (unpaired) electrons. The Bertz CT molecular complexity index is 246. The fraction of sp³-hybridized carbons (Fsp3) is 0.636. The SMILES string of the molecule is C=C(C)C(=O)NC(CC)N(C)C.CC(=O)O. The Morgan fingerprint density at radius 2 is 1.75 bits per heavy atom. The summed E-state index contributed by atoms with van der Waals surface area (Å²) < 4.78 is 0. The van der Waals surface area contributed by atoms with Crippen molar-refractivity contribution in [1.29, 1.82) is 0 Å². The van der Waals surface area contributed by atoms with Gasteiger partial charge in [-0.3, -0.25) is 14.5 Å². The van der Waals surface area contributed by atoms with Crippen LogP contribution in [-0.4, -0.2) is 42.1 Å². The summed E-state index contributed by atoms with van der Waals surface area (Å²) >= 11 is 0. The zero-order valence-corrected chi connectivity index (χ0v) is 10.7. The second-order valence-electron chi connectivity index (χ2n) is 3.66. The number of aliphatic carboxylic acids is 1. The average Bonchev–Trinajstić information content (AvgIpc) is 2.11. The van der Waals surface area contributed by atoms with Gasteiger partial charge in [-0.15, -0.1) is 0 Å². The minimum absolute atomic E-state index is 0.0736. The number of carbonyl (C=O) groups excluding carboxylic acids is 1. The monoisotopic (exact) mass is 230 g/mol. The standard InChI is InChI=1S/C9H18N2O.C2H4O2/c1-6-8(11(4)5)10-9(12)7(2)3;1-2(3)4/h8H,2,6H2,1,3-5H3,(H,10,12);1H3,(H,3,4). The number of amides is 1. The molecule has 1 atom stereocenters. The summed E-state index contributed by atoms with van der Waals surface area (Å²) in [7, 11) is 3.87. The van der Waals surface area contributed by atoms with Crippen molar-refractivity contribution in [1.82, 2.24) is 10.2 Å². The fourth-order valence-electron chi connectivity index (χ4n) is 0.871. The summed E-state index contributed by atoms with van der Waals surface area (Å²) in [5, 5.41) is 10.3. The van der Waals surface area contributed by atoms with E-state index in [9.17, 15) is 4.79 Å². The lowest BCUT2D eigenvalue weighted by Gasteiger charge is -2.23. The molecule has 0 aromatic rings. The highest BCUT2D eigenvalue weighted by atomic mass is 16.4. The molecule has 0 aromatic heterocycles. The van der Waals surface area contributed by atoms with Crippen LogP contribution in [0.15, 0.2) is 12.2 Å². The molecule has 0 aliphatic rings. The van der Waals surface area contributed by atoms with Gasteiger partial charge in [0.2, 0.25) is 5.91 Å². The van der Waals surface area contributed by atoms with Crippen molar-refractivity contribution < 1.29 is 14.7 Å². The molecule has 16 heavy (non-hydrogen) atoms. The highest BCUT2D eigenvalue weighted by Crippen LogP contribution is 1.96. The van der Waals surface area contributed by atoms with Crippen LogP contribution in [0.2, 0.25) is 0 Å². The minimum Gasteiger partial charge on any atom is -0.481 e. The second kappa shape index (κ2) is 8.91. The molecule has 94 valence electrons. The number of carboxylic acid groups (broad SMARTS) is 1. The van der Waals surface area contributed by atoms with E-state index in [1.165, 1.54) is 0 Å². The summed E-state index contributed by atoms with van der Waals surface area (Å²) in [5.74, 6) is -0.907. The summed E-state index contributed by atoms with van der Waals surface area (Å²) in [5.41, 5.74) is 0.551. The number of nitrogens with zero attached hydrogens (tertiary/aromatic N) is 1. The van der Waals surface area contributed by atoms with Crippen LogP contribution in [-0.2, 0) is 9.59 Å². The Hall–Kier alpha value is -1.36. The molecule has 0 aliphatic heterocycles. The van der Waals surface area contributed by atoms with E-state index >= 15 is 0 Å². The van der Waals surface area contributed by atoms with Crippen molar-refractivity contribution in [3.05, 3.63) is 12.2 Å². The van der Waals surface area contributed by atoms with Crippen LogP contribution in [0.5, 0.6) is 0 Å². The Balaban J connectivity index is 0. The number of carboxylic acids is 1. The molecule has 0 aliphatic carbocycles. The van der Waals surface area contributed by atoms with Crippen molar-refractivity contribution in [2.24, 2.45) is 0 Å². The fourth-order valence-corrected chi connectivity index (χ4v) is 0.871. The van der Waals surface area contributed by atoms with Gasteiger partial charge in [0.05, 0.1) is 6.17 Å². The lowest BCUT2D eigenvalue weighted by atomic mass is 10.3. The van der Waals surface area contributed by atoms with Gasteiger partial charge in [0, 0.05) is 12.5 Å². The van der Waals surface area contributed by atoms with Gasteiger partial charge in [-0.2, -0.15) is 0 Å². The summed E-state index contributed by atoms with van der Waals surface area (Å²) in [6, 6.07) is 0. The molecule has 0 aromatic carbocycles. The molecule has 0 saturated carbocycles. The number of carbonyl (C=O) groups is 2. The molecule has 0 fully saturated rings. The quantitative estimate of drug-likeness (QED) is 0.560. The molecular formula is C11H22N2O3. The molecule has 5 heteroatoms. The van der Waals surface area contributed by atoms with Crippen LogP contribution in [0, 0.1) is 0 Å². The van der Waals surface area contributed by atoms with Gasteiger partial charge in [0.15, 0.2) is 0 Å². The Labute approximate surface area is 97.1 Å². The predicted octanol–water partition coefficient (Wildman–Crippen LogP) is 1.07. The smallest absolute Gasteiger partial charge is 0.300 e. The zero-order valence-electron chi connectivity index (χ0n) is 10.7. The largest absolute Gasteiger partial charge is 0.481 e. The van der Waals surface area contributed by atoms with Crippen molar-refractivity contribution in [3.8, 4) is 0 Å². The molecule has 0 heterocycles. The van der Waals surface area contributed by atoms with Crippen LogP contribution in [0.3, 0.4) is 0 Å². The first-order valence-electron chi connectivity index (χ1n) is 5.04. The second-order valence-corrected chi connectivity index (χ2v) is 3.66. The summed E-state index contributed by atoms with van der Waals surface area (Å²) in [4.78, 5) is 22.2. The van der Waals surface area contributed by atoms with Gasteiger partial charge in [-0.05, 0) is 27.4 Å². The molecular weight excluding hydrogens is 208 g/mol. The summed E-state index contributed by atoms with van der Waals surface area (Å²) in [6.07, 6.45) is 1.00. The van der Waals surface area contributed by atoms with E-state index in [1.807, 2.05) is 25.9 Å². The Morgan fingerprint density at radius 1 is 1.38 bits per heavy atom. The van der Waals surface area contributed by atoms with Gasteiger partial charge in [-0.25, -0.2) is 0 Å². The van der Waals surface area contributed by atoms with E-state index in [0.717, 1.165) is 13.3 Å². The zero-order chi connectivity index (χ0) is 13.3. The lowest BCUT2D eigenvalue weighted by Crippen LogP contribution is -2.44. The number of hydrogen-bond donors (Lipinski definition) is 2. The van der Waals surface area contributed by atoms with Gasteiger partial charge >= 0.3 is 0 Å². The molecule has 0 saturated heterocycles. The minimum atomic E-state index is -0.833. The van der Waals surface area contributed by atoms with E-state index in [1.54, 1.807) is 6.92 Å². The van der Waals surface area contributed by atoms with E-state index in [-0.39, 0.29) is 12.1 Å². The normalized spacial score (nSPS) is 11.1. The van der Waals surface area contributed by atoms with Crippen LogP contribution in [0.1, 0.15) is 27.2 Å². The molecule has 1 amide bonds. The van der Waals surface area contributed by atoms with E-state index < -0.39 is 5.97 Å². The molecule has 0 bridgehead atoms. The van der Waals surface area contributed by atoms with Gasteiger partial charge < -0.3 is 10.4 Å². The third kappa shape index (κ3) is 10.7. The number of hydrogen-bond acceptors (Lipinski definition) is 3. The number of nitrogens with one attached hydrogen (secondary N) is 1. The van der Waals surface area contributed by atoms with Crippen molar-refractivity contribution >= 4 is 11.9 Å². The molecule has 0 rings (SSSR count). The summed E-state index contributed by atoms with van der Waals surface area (Å²) in [6.45, 7) is 8.39. The van der Waals surface area contributed by atoms with Crippen LogP contribution in [0.4, 0.5) is 0 Å². The van der Waals surface area contributed by atoms with Crippen LogP contribution in [0.25, 0.3) is 0 Å². The lowest BCUT2D eigenvalue weighted by molar-refractivity contribution is -0.134. The third-order valence-corrected chi connectivity index (χ3v) is 1.70. The topological polar surface area (TPSA) is 69.6 Å². The molecule has 1 unspecified atom stereocenters. The number of rotatable bonds is 4. The van der Waals surface area contributed by atoms with Crippen molar-refractivity contribution in [2.75, 3.05) is 14.1 Å². The van der Waals surface area contributed by atoms with Crippen LogP contribution >= 0.6 is 0 Å². The van der Waals surface area contributed by atoms with E-state index in [0.29, 0.717) is 5.57 Å². The maximum Gasteiger partial charge on any atom is 0.300 e.